The third-order valence-corrected chi connectivity index (χ3v) is 7.17. The Morgan fingerprint density at radius 3 is 2.66 bits per heavy atom. The number of carbonyl (C=O) groups excluding carboxylic acids is 2. The Morgan fingerprint density at radius 2 is 1.93 bits per heavy atom. The van der Waals surface area contributed by atoms with Crippen LogP contribution in [0.15, 0.2) is 30.3 Å². The van der Waals surface area contributed by atoms with Crippen LogP contribution in [0.3, 0.4) is 0 Å². The van der Waals surface area contributed by atoms with Gasteiger partial charge in [-0.1, -0.05) is 30.3 Å². The van der Waals surface area contributed by atoms with Gasteiger partial charge in [0.1, 0.15) is 11.1 Å². The molecule has 0 radical (unpaired) electrons. The molecule has 1 amide bonds. The first-order valence-corrected chi connectivity index (χ1v) is 11.1. The molecule has 4 rings (SSSR count). The molecule has 0 unspecified atom stereocenters. The predicted molar refractivity (Wildman–Crippen MR) is 114 cm³/mol. The summed E-state index contributed by atoms with van der Waals surface area (Å²) >= 11 is 1.56. The first-order chi connectivity index (χ1) is 14.2. The lowest BCUT2D eigenvalue weighted by atomic mass is 9.89. The smallest absolute Gasteiger partial charge is 0.226 e. The number of likely N-dealkylation sites (tertiary alicyclic amines) is 1. The van der Waals surface area contributed by atoms with Crippen molar-refractivity contribution in [2.75, 3.05) is 25.0 Å². The number of piperidine rings is 1. The van der Waals surface area contributed by atoms with Crippen molar-refractivity contribution in [3.05, 3.63) is 51.9 Å². The molecular formula is C23H25N3O2S. The lowest BCUT2D eigenvalue weighted by Gasteiger charge is -2.31. The summed E-state index contributed by atoms with van der Waals surface area (Å²) in [7, 11) is 0. The molecule has 150 valence electrons. The number of benzene rings is 1. The number of nitrogens with zero attached hydrogens (tertiary/aromatic N) is 2. The maximum Gasteiger partial charge on any atom is 0.226 e. The predicted octanol–water partition coefficient (Wildman–Crippen LogP) is 4.03. The maximum atomic E-state index is 12.6. The molecule has 1 N–H and O–H groups in total. The van der Waals surface area contributed by atoms with Crippen molar-refractivity contribution >= 4 is 28.0 Å². The molecule has 1 aromatic heterocycles. The summed E-state index contributed by atoms with van der Waals surface area (Å²) in [5.41, 5.74) is 2.59. The van der Waals surface area contributed by atoms with Gasteiger partial charge in [-0.25, -0.2) is 0 Å². The zero-order valence-electron chi connectivity index (χ0n) is 16.4. The minimum atomic E-state index is -0.0380. The fourth-order valence-corrected chi connectivity index (χ4v) is 5.57. The van der Waals surface area contributed by atoms with Crippen molar-refractivity contribution in [2.24, 2.45) is 5.92 Å². The van der Waals surface area contributed by atoms with E-state index in [1.54, 1.807) is 11.3 Å². The van der Waals surface area contributed by atoms with Gasteiger partial charge in [-0.2, -0.15) is 5.26 Å². The summed E-state index contributed by atoms with van der Waals surface area (Å²) in [6.45, 7) is 2.37. The van der Waals surface area contributed by atoms with Crippen LogP contribution < -0.4 is 5.32 Å². The first-order valence-electron chi connectivity index (χ1n) is 10.3. The second-order valence-electron chi connectivity index (χ2n) is 7.82. The number of ketones is 1. The molecule has 1 fully saturated rings. The molecule has 0 bridgehead atoms. The summed E-state index contributed by atoms with van der Waals surface area (Å²) in [6, 6.07) is 11.8. The van der Waals surface area contributed by atoms with Crippen molar-refractivity contribution in [1.29, 1.82) is 5.26 Å². The van der Waals surface area contributed by atoms with Crippen LogP contribution in [0.25, 0.3) is 0 Å². The number of anilines is 1. The zero-order chi connectivity index (χ0) is 20.2. The Hall–Kier alpha value is -2.49. The van der Waals surface area contributed by atoms with Crippen LogP contribution in [0, 0.1) is 17.2 Å². The maximum absolute atomic E-state index is 12.6. The summed E-state index contributed by atoms with van der Waals surface area (Å²) < 4.78 is 0. The molecule has 2 heterocycles. The highest BCUT2D eigenvalue weighted by Crippen LogP contribution is 2.38. The Balaban J connectivity index is 1.24. The largest absolute Gasteiger partial charge is 0.317 e. The monoisotopic (exact) mass is 407 g/mol. The Labute approximate surface area is 175 Å². The fraction of sp³-hybridized carbons (Fsp3) is 0.435. The highest BCUT2D eigenvalue weighted by molar-refractivity contribution is 7.16. The van der Waals surface area contributed by atoms with E-state index in [0.29, 0.717) is 18.5 Å². The number of amides is 1. The number of nitriles is 1. The molecule has 1 saturated heterocycles. The van der Waals surface area contributed by atoms with Gasteiger partial charge in [0, 0.05) is 29.3 Å². The topological polar surface area (TPSA) is 73.2 Å². The van der Waals surface area contributed by atoms with Crippen molar-refractivity contribution in [1.82, 2.24) is 4.90 Å². The van der Waals surface area contributed by atoms with Gasteiger partial charge in [0.25, 0.3) is 0 Å². The van der Waals surface area contributed by atoms with Crippen LogP contribution in [0.4, 0.5) is 5.00 Å². The Bertz CT molecular complexity index is 937. The highest BCUT2D eigenvalue weighted by Gasteiger charge is 2.26. The van der Waals surface area contributed by atoms with Gasteiger partial charge in [-0.15, -0.1) is 11.3 Å². The van der Waals surface area contributed by atoms with E-state index in [9.17, 15) is 14.9 Å². The van der Waals surface area contributed by atoms with Crippen molar-refractivity contribution in [2.45, 2.75) is 38.5 Å². The second-order valence-corrected chi connectivity index (χ2v) is 8.92. The van der Waals surface area contributed by atoms with Gasteiger partial charge in [-0.3, -0.25) is 9.59 Å². The summed E-state index contributed by atoms with van der Waals surface area (Å²) in [4.78, 5) is 28.5. The molecule has 0 spiro atoms. The van der Waals surface area contributed by atoms with E-state index in [2.05, 4.69) is 16.3 Å². The SMILES string of the molecule is N#Cc1c(NC(=O)CCN2CCC(C(=O)c3ccccc3)CC2)sc2c1CCC2. The Kier molecular flexibility index (Phi) is 6.08. The Morgan fingerprint density at radius 1 is 1.17 bits per heavy atom. The van der Waals surface area contributed by atoms with E-state index in [1.165, 1.54) is 4.88 Å². The number of hydrogen-bond acceptors (Lipinski definition) is 5. The van der Waals surface area contributed by atoms with Gasteiger partial charge in [0.2, 0.25) is 5.91 Å². The van der Waals surface area contributed by atoms with Crippen LogP contribution in [0.2, 0.25) is 0 Å². The molecule has 29 heavy (non-hydrogen) atoms. The van der Waals surface area contributed by atoms with Crippen molar-refractivity contribution < 1.29 is 9.59 Å². The van der Waals surface area contributed by atoms with Gasteiger partial charge >= 0.3 is 0 Å². The third kappa shape index (κ3) is 4.42. The number of carbonyl (C=O) groups is 2. The zero-order valence-corrected chi connectivity index (χ0v) is 17.3. The van der Waals surface area contributed by atoms with Gasteiger partial charge in [-0.05, 0) is 50.8 Å². The molecule has 6 heteroatoms. The van der Waals surface area contributed by atoms with Gasteiger partial charge in [0.05, 0.1) is 5.56 Å². The van der Waals surface area contributed by atoms with E-state index >= 15 is 0 Å². The molecule has 1 aliphatic carbocycles. The third-order valence-electron chi connectivity index (χ3n) is 5.96. The molecule has 5 nitrogen and oxygen atoms in total. The second kappa shape index (κ2) is 8.89. The molecule has 2 aliphatic rings. The van der Waals surface area contributed by atoms with E-state index in [4.69, 9.17) is 0 Å². The molecule has 2 aromatic rings. The van der Waals surface area contributed by atoms with Crippen LogP contribution in [0.5, 0.6) is 0 Å². The van der Waals surface area contributed by atoms with Gasteiger partial charge < -0.3 is 10.2 Å². The first kappa shape index (κ1) is 19.8. The molecule has 1 aromatic carbocycles. The summed E-state index contributed by atoms with van der Waals surface area (Å²) in [5.74, 6) is 0.274. The van der Waals surface area contributed by atoms with E-state index in [-0.39, 0.29) is 17.6 Å². The van der Waals surface area contributed by atoms with Crippen LogP contribution in [-0.2, 0) is 17.6 Å². The summed E-state index contributed by atoms with van der Waals surface area (Å²) in [6.07, 6.45) is 5.15. The normalized spacial score (nSPS) is 16.9. The van der Waals surface area contributed by atoms with Crippen LogP contribution >= 0.6 is 11.3 Å². The molecule has 1 aliphatic heterocycles. The van der Waals surface area contributed by atoms with E-state index < -0.39 is 0 Å². The molecule has 0 saturated carbocycles. The quantitative estimate of drug-likeness (QED) is 0.734. The van der Waals surface area contributed by atoms with Crippen molar-refractivity contribution in [3.8, 4) is 6.07 Å². The van der Waals surface area contributed by atoms with E-state index in [1.807, 2.05) is 30.3 Å². The number of fused-ring (bicyclic) bond motifs is 1. The number of nitrogens with one attached hydrogen (secondary N) is 1. The van der Waals surface area contributed by atoms with Gasteiger partial charge in [0.15, 0.2) is 5.78 Å². The van der Waals surface area contributed by atoms with Crippen LogP contribution in [0.1, 0.15) is 52.0 Å². The summed E-state index contributed by atoms with van der Waals surface area (Å²) in [5, 5.41) is 13.1. The molecular weight excluding hydrogens is 382 g/mol. The number of Topliss-reactive ketones (excluding diaryl/α,β-unsaturated/α-hetero) is 1. The number of thiophene rings is 1. The number of hydrogen-bond donors (Lipinski definition) is 1. The number of aryl methyl sites for hydroxylation is 1. The molecule has 0 atom stereocenters. The minimum absolute atomic E-state index is 0.0380. The fourth-order valence-electron chi connectivity index (χ4n) is 4.32. The average Bonchev–Trinajstić information content (AvgIpc) is 3.33. The number of rotatable bonds is 6. The average molecular weight is 408 g/mol. The van der Waals surface area contributed by atoms with E-state index in [0.717, 1.165) is 61.3 Å². The van der Waals surface area contributed by atoms with Crippen molar-refractivity contribution in [3.63, 3.8) is 0 Å². The van der Waals surface area contributed by atoms with Crippen LogP contribution in [-0.4, -0.2) is 36.2 Å². The minimum Gasteiger partial charge on any atom is -0.317 e. The lowest BCUT2D eigenvalue weighted by Crippen LogP contribution is -2.38. The highest BCUT2D eigenvalue weighted by atomic mass is 32.1. The lowest BCUT2D eigenvalue weighted by molar-refractivity contribution is -0.116. The standard InChI is InChI=1S/C23H25N3O2S/c24-15-19-18-7-4-8-20(18)29-23(19)25-21(27)11-14-26-12-9-17(10-13-26)22(28)16-5-2-1-3-6-16/h1-3,5-6,17H,4,7-14H2,(H,25,27).